The van der Waals surface area contributed by atoms with Crippen LogP contribution in [-0.2, 0) is 17.9 Å². The van der Waals surface area contributed by atoms with Crippen LogP contribution in [0.5, 0.6) is 5.75 Å². The minimum atomic E-state index is -0.511. The second kappa shape index (κ2) is 8.41. The SMILES string of the molecule is CCCCCn1c(=O)n(CC(=O)NC(C)(C)C)c(=O)c2c(OC)cccc21. The zero-order valence-corrected chi connectivity index (χ0v) is 16.8. The number of nitrogens with one attached hydrogen (secondary N) is 1. The predicted octanol–water partition coefficient (Wildman–Crippen LogP) is 2.28. The lowest BCUT2D eigenvalue weighted by Crippen LogP contribution is -2.47. The monoisotopic (exact) mass is 375 g/mol. The number of amides is 1. The number of unbranched alkanes of at least 4 members (excludes halogenated alkanes) is 2. The standard InChI is InChI=1S/C20H29N3O4/c1-6-7-8-12-22-14-10-9-11-15(27-5)17(14)18(25)23(19(22)26)13-16(24)21-20(2,3)4/h9-11H,6-8,12-13H2,1-5H3,(H,21,24). The second-order valence-corrected chi connectivity index (χ2v) is 7.69. The molecule has 0 bridgehead atoms. The molecular weight excluding hydrogens is 346 g/mol. The van der Waals surface area contributed by atoms with Gasteiger partial charge >= 0.3 is 5.69 Å². The zero-order chi connectivity index (χ0) is 20.2. The van der Waals surface area contributed by atoms with Gasteiger partial charge in [0.25, 0.3) is 5.56 Å². The molecule has 0 aliphatic carbocycles. The van der Waals surface area contributed by atoms with Crippen molar-refractivity contribution in [2.24, 2.45) is 0 Å². The summed E-state index contributed by atoms with van der Waals surface area (Å²) in [4.78, 5) is 38.4. The number of rotatable bonds is 7. The van der Waals surface area contributed by atoms with E-state index in [1.165, 1.54) is 7.11 Å². The molecule has 0 aliphatic rings. The van der Waals surface area contributed by atoms with Gasteiger partial charge in [-0.2, -0.15) is 0 Å². The molecule has 0 radical (unpaired) electrons. The first-order valence-electron chi connectivity index (χ1n) is 9.31. The number of ether oxygens (including phenoxy) is 1. The lowest BCUT2D eigenvalue weighted by molar-refractivity contribution is -0.123. The van der Waals surface area contributed by atoms with Gasteiger partial charge in [0, 0.05) is 12.1 Å². The molecule has 0 unspecified atom stereocenters. The first kappa shape index (κ1) is 20.7. The van der Waals surface area contributed by atoms with E-state index in [2.05, 4.69) is 12.2 Å². The Balaban J connectivity index is 2.64. The van der Waals surface area contributed by atoms with Crippen molar-refractivity contribution in [3.05, 3.63) is 39.0 Å². The zero-order valence-electron chi connectivity index (χ0n) is 16.8. The fourth-order valence-electron chi connectivity index (χ4n) is 3.08. The van der Waals surface area contributed by atoms with Crippen LogP contribution in [0.3, 0.4) is 0 Å². The predicted molar refractivity (Wildman–Crippen MR) is 106 cm³/mol. The molecule has 0 saturated carbocycles. The van der Waals surface area contributed by atoms with Gasteiger partial charge in [0.1, 0.15) is 17.7 Å². The van der Waals surface area contributed by atoms with Gasteiger partial charge in [0.15, 0.2) is 0 Å². The molecule has 1 aromatic heterocycles. The van der Waals surface area contributed by atoms with Crippen LogP contribution >= 0.6 is 0 Å². The molecule has 0 aliphatic heterocycles. The van der Waals surface area contributed by atoms with E-state index in [-0.39, 0.29) is 12.5 Å². The van der Waals surface area contributed by atoms with Crippen molar-refractivity contribution in [3.63, 3.8) is 0 Å². The summed E-state index contributed by atoms with van der Waals surface area (Å²) < 4.78 is 7.91. The average molecular weight is 375 g/mol. The number of carbonyl (C=O) groups is 1. The summed E-state index contributed by atoms with van der Waals surface area (Å²) in [6, 6.07) is 5.18. The summed E-state index contributed by atoms with van der Waals surface area (Å²) in [7, 11) is 1.48. The number of aromatic nitrogens is 2. The summed E-state index contributed by atoms with van der Waals surface area (Å²) in [5, 5.41) is 3.11. The van der Waals surface area contributed by atoms with Gasteiger partial charge in [-0.3, -0.25) is 18.7 Å². The van der Waals surface area contributed by atoms with E-state index in [9.17, 15) is 14.4 Å². The first-order valence-corrected chi connectivity index (χ1v) is 9.31. The van der Waals surface area contributed by atoms with Gasteiger partial charge in [-0.25, -0.2) is 4.79 Å². The van der Waals surface area contributed by atoms with Crippen molar-refractivity contribution in [1.82, 2.24) is 14.5 Å². The number of benzene rings is 1. The number of hydrogen-bond donors (Lipinski definition) is 1. The van der Waals surface area contributed by atoms with Crippen LogP contribution in [0.2, 0.25) is 0 Å². The van der Waals surface area contributed by atoms with Gasteiger partial charge < -0.3 is 10.1 Å². The highest BCUT2D eigenvalue weighted by atomic mass is 16.5. The summed E-state index contributed by atoms with van der Waals surface area (Å²) in [6.07, 6.45) is 2.81. The van der Waals surface area contributed by atoms with E-state index < -0.39 is 16.8 Å². The van der Waals surface area contributed by atoms with Crippen molar-refractivity contribution >= 4 is 16.8 Å². The van der Waals surface area contributed by atoms with Gasteiger partial charge in [-0.15, -0.1) is 0 Å². The maximum absolute atomic E-state index is 13.0. The maximum Gasteiger partial charge on any atom is 0.331 e. The van der Waals surface area contributed by atoms with Crippen molar-refractivity contribution in [2.75, 3.05) is 7.11 Å². The molecule has 0 spiro atoms. The molecule has 148 valence electrons. The highest BCUT2D eigenvalue weighted by Crippen LogP contribution is 2.21. The van der Waals surface area contributed by atoms with Gasteiger partial charge in [-0.1, -0.05) is 25.8 Å². The molecule has 7 heteroatoms. The Morgan fingerprint density at radius 1 is 1.15 bits per heavy atom. The van der Waals surface area contributed by atoms with E-state index in [1.807, 2.05) is 20.8 Å². The largest absolute Gasteiger partial charge is 0.496 e. The van der Waals surface area contributed by atoms with Crippen LogP contribution < -0.4 is 21.3 Å². The van der Waals surface area contributed by atoms with Crippen LogP contribution in [0, 0.1) is 0 Å². The third-order valence-corrected chi connectivity index (χ3v) is 4.24. The van der Waals surface area contributed by atoms with Crippen molar-refractivity contribution in [2.45, 2.75) is 65.6 Å². The van der Waals surface area contributed by atoms with Gasteiger partial charge in [0.2, 0.25) is 5.91 Å². The Labute approximate surface area is 158 Å². The van der Waals surface area contributed by atoms with Crippen LogP contribution in [0.15, 0.2) is 27.8 Å². The third-order valence-electron chi connectivity index (χ3n) is 4.24. The minimum absolute atomic E-state index is 0.319. The van der Waals surface area contributed by atoms with E-state index in [0.717, 1.165) is 23.8 Å². The Kier molecular flexibility index (Phi) is 6.46. The first-order chi connectivity index (χ1) is 12.7. The number of methoxy groups -OCH3 is 1. The summed E-state index contributed by atoms with van der Waals surface area (Å²) in [5.74, 6) is 0.0165. The molecule has 1 N–H and O–H groups in total. The molecule has 2 rings (SSSR count). The lowest BCUT2D eigenvalue weighted by atomic mass is 10.1. The lowest BCUT2D eigenvalue weighted by Gasteiger charge is -2.21. The summed E-state index contributed by atoms with van der Waals surface area (Å²) >= 11 is 0. The van der Waals surface area contributed by atoms with E-state index >= 15 is 0 Å². The second-order valence-electron chi connectivity index (χ2n) is 7.69. The molecule has 0 atom stereocenters. The van der Waals surface area contributed by atoms with Crippen LogP contribution in [0.1, 0.15) is 47.0 Å². The fourth-order valence-corrected chi connectivity index (χ4v) is 3.08. The Bertz CT molecular complexity index is 935. The maximum atomic E-state index is 13.0. The smallest absolute Gasteiger partial charge is 0.331 e. The highest BCUT2D eigenvalue weighted by molar-refractivity contribution is 5.85. The van der Waals surface area contributed by atoms with E-state index in [4.69, 9.17) is 4.74 Å². The van der Waals surface area contributed by atoms with Crippen molar-refractivity contribution in [3.8, 4) is 5.75 Å². The van der Waals surface area contributed by atoms with Crippen LogP contribution in [0.4, 0.5) is 0 Å². The Morgan fingerprint density at radius 3 is 2.44 bits per heavy atom. The number of hydrogen-bond acceptors (Lipinski definition) is 4. The molecule has 7 nitrogen and oxygen atoms in total. The van der Waals surface area contributed by atoms with Crippen LogP contribution in [0.25, 0.3) is 10.9 Å². The van der Waals surface area contributed by atoms with E-state index in [0.29, 0.717) is 23.2 Å². The highest BCUT2D eigenvalue weighted by Gasteiger charge is 2.20. The molecule has 0 fully saturated rings. The van der Waals surface area contributed by atoms with Crippen molar-refractivity contribution in [1.29, 1.82) is 0 Å². The minimum Gasteiger partial charge on any atom is -0.496 e. The molecule has 1 amide bonds. The fraction of sp³-hybridized carbons (Fsp3) is 0.550. The van der Waals surface area contributed by atoms with E-state index in [1.54, 1.807) is 22.8 Å². The molecule has 1 aromatic carbocycles. The third kappa shape index (κ3) is 4.78. The normalized spacial score (nSPS) is 11.6. The number of carbonyl (C=O) groups excluding carboxylic acids is 1. The number of aryl methyl sites for hydroxylation is 1. The van der Waals surface area contributed by atoms with Crippen LogP contribution in [-0.4, -0.2) is 27.7 Å². The molecule has 0 saturated heterocycles. The Hall–Kier alpha value is -2.57. The van der Waals surface area contributed by atoms with Crippen molar-refractivity contribution < 1.29 is 9.53 Å². The molecular formula is C20H29N3O4. The average Bonchev–Trinajstić information content (AvgIpc) is 2.59. The molecule has 2 aromatic rings. The summed E-state index contributed by atoms with van der Waals surface area (Å²) in [5.41, 5.74) is -0.896. The molecule has 1 heterocycles. The topological polar surface area (TPSA) is 82.3 Å². The van der Waals surface area contributed by atoms with Gasteiger partial charge in [-0.05, 0) is 39.3 Å². The summed E-state index contributed by atoms with van der Waals surface area (Å²) in [6.45, 7) is 7.79. The molecule has 27 heavy (non-hydrogen) atoms. The Morgan fingerprint density at radius 2 is 1.85 bits per heavy atom. The van der Waals surface area contributed by atoms with Gasteiger partial charge in [0.05, 0.1) is 12.6 Å². The number of fused-ring (bicyclic) bond motifs is 1. The quantitative estimate of drug-likeness (QED) is 0.753. The number of nitrogens with zero attached hydrogens (tertiary/aromatic N) is 2.